The van der Waals surface area contributed by atoms with Crippen LogP contribution in [0, 0.1) is 0 Å². The van der Waals surface area contributed by atoms with E-state index < -0.39 is 24.5 Å². The molecule has 0 radical (unpaired) electrons. The third-order valence-corrected chi connectivity index (χ3v) is 3.26. The van der Waals surface area contributed by atoms with E-state index in [1.54, 1.807) is 24.3 Å². The summed E-state index contributed by atoms with van der Waals surface area (Å²) in [7, 11) is 1.28. The van der Waals surface area contributed by atoms with E-state index >= 15 is 0 Å². The molecule has 0 spiro atoms. The van der Waals surface area contributed by atoms with E-state index in [2.05, 4.69) is 10.1 Å². The first-order valence-corrected chi connectivity index (χ1v) is 7.28. The number of anilines is 1. The van der Waals surface area contributed by atoms with Crippen molar-refractivity contribution >= 4 is 35.1 Å². The number of hydrogen-bond donors (Lipinski definition) is 1. The van der Waals surface area contributed by atoms with Crippen molar-refractivity contribution in [3.63, 3.8) is 0 Å². The number of nitrogens with one attached hydrogen (secondary N) is 1. The summed E-state index contributed by atoms with van der Waals surface area (Å²) in [6.45, 7) is -0.430. The second kappa shape index (κ2) is 8.12. The number of halogens is 1. The fraction of sp³-hybridized carbons (Fsp3) is 0.118. The standard InChI is InChI=1S/C17H14ClNO5/c1-23-16(21)11-4-8-14(9-5-11)19-15(20)10-24-17(22)12-2-6-13(18)7-3-12/h2-9H,10H2,1H3,(H,19,20). The SMILES string of the molecule is COC(=O)c1ccc(NC(=O)COC(=O)c2ccc(Cl)cc2)cc1. The average molecular weight is 348 g/mol. The Bertz CT molecular complexity index is 741. The number of methoxy groups -OCH3 is 1. The van der Waals surface area contributed by atoms with E-state index in [-0.39, 0.29) is 0 Å². The van der Waals surface area contributed by atoms with Crippen LogP contribution in [0.3, 0.4) is 0 Å². The van der Waals surface area contributed by atoms with Gasteiger partial charge in [-0.1, -0.05) is 11.6 Å². The molecule has 1 amide bonds. The van der Waals surface area contributed by atoms with Crippen LogP contribution in [0.1, 0.15) is 20.7 Å². The molecule has 6 nitrogen and oxygen atoms in total. The van der Waals surface area contributed by atoms with Gasteiger partial charge in [0.05, 0.1) is 18.2 Å². The van der Waals surface area contributed by atoms with Crippen LogP contribution in [0.4, 0.5) is 5.69 Å². The minimum Gasteiger partial charge on any atom is -0.465 e. The van der Waals surface area contributed by atoms with Crippen LogP contribution in [-0.2, 0) is 14.3 Å². The number of rotatable bonds is 5. The first kappa shape index (κ1) is 17.5. The van der Waals surface area contributed by atoms with Gasteiger partial charge in [-0.05, 0) is 48.5 Å². The fourth-order valence-corrected chi connectivity index (χ4v) is 1.93. The molecule has 0 aliphatic carbocycles. The minimum absolute atomic E-state index is 0.301. The Kier molecular flexibility index (Phi) is 5.92. The van der Waals surface area contributed by atoms with Crippen LogP contribution in [0.15, 0.2) is 48.5 Å². The lowest BCUT2D eigenvalue weighted by Gasteiger charge is -2.07. The van der Waals surface area contributed by atoms with Crippen molar-refractivity contribution in [3.8, 4) is 0 Å². The molecule has 7 heteroatoms. The third-order valence-electron chi connectivity index (χ3n) is 3.00. The summed E-state index contributed by atoms with van der Waals surface area (Å²) in [4.78, 5) is 34.8. The highest BCUT2D eigenvalue weighted by Crippen LogP contribution is 2.12. The summed E-state index contributed by atoms with van der Waals surface area (Å²) in [6, 6.07) is 12.3. The second-order valence-corrected chi connectivity index (χ2v) is 5.14. The molecule has 124 valence electrons. The van der Waals surface area contributed by atoms with Gasteiger partial charge in [-0.15, -0.1) is 0 Å². The monoisotopic (exact) mass is 347 g/mol. The van der Waals surface area contributed by atoms with Gasteiger partial charge in [0.15, 0.2) is 6.61 Å². The lowest BCUT2D eigenvalue weighted by Crippen LogP contribution is -2.21. The molecule has 0 aliphatic rings. The Hall–Kier alpha value is -2.86. The molecule has 0 unspecified atom stereocenters. The summed E-state index contributed by atoms with van der Waals surface area (Å²) in [6.07, 6.45) is 0. The molecule has 2 rings (SSSR count). The molecule has 0 aliphatic heterocycles. The number of benzene rings is 2. The lowest BCUT2D eigenvalue weighted by atomic mass is 10.2. The zero-order valence-electron chi connectivity index (χ0n) is 12.7. The molecule has 2 aromatic rings. The van der Waals surface area contributed by atoms with Crippen molar-refractivity contribution < 1.29 is 23.9 Å². The topological polar surface area (TPSA) is 81.7 Å². The van der Waals surface area contributed by atoms with Gasteiger partial charge in [-0.2, -0.15) is 0 Å². The van der Waals surface area contributed by atoms with E-state index in [4.69, 9.17) is 16.3 Å². The largest absolute Gasteiger partial charge is 0.465 e. The van der Waals surface area contributed by atoms with Crippen molar-refractivity contribution in [1.29, 1.82) is 0 Å². The van der Waals surface area contributed by atoms with Crippen molar-refractivity contribution in [2.24, 2.45) is 0 Å². The Morgan fingerprint density at radius 2 is 1.46 bits per heavy atom. The predicted molar refractivity (Wildman–Crippen MR) is 88.1 cm³/mol. The van der Waals surface area contributed by atoms with Crippen molar-refractivity contribution in [2.45, 2.75) is 0 Å². The highest BCUT2D eigenvalue weighted by Gasteiger charge is 2.11. The van der Waals surface area contributed by atoms with E-state index in [0.29, 0.717) is 21.8 Å². The summed E-state index contributed by atoms with van der Waals surface area (Å²) in [5.74, 6) is -1.59. The molecular formula is C17H14ClNO5. The summed E-state index contributed by atoms with van der Waals surface area (Å²) < 4.78 is 9.49. The molecule has 0 aromatic heterocycles. The predicted octanol–water partition coefficient (Wildman–Crippen LogP) is 2.92. The molecule has 0 heterocycles. The van der Waals surface area contributed by atoms with E-state index in [1.165, 1.54) is 31.4 Å². The van der Waals surface area contributed by atoms with E-state index in [0.717, 1.165) is 0 Å². The fourth-order valence-electron chi connectivity index (χ4n) is 1.80. The van der Waals surface area contributed by atoms with Gasteiger partial charge >= 0.3 is 11.9 Å². The highest BCUT2D eigenvalue weighted by atomic mass is 35.5. The molecule has 0 saturated carbocycles. The average Bonchev–Trinajstić information content (AvgIpc) is 2.60. The Morgan fingerprint density at radius 1 is 0.917 bits per heavy atom. The molecule has 2 aromatic carbocycles. The van der Waals surface area contributed by atoms with Crippen LogP contribution in [-0.4, -0.2) is 31.6 Å². The van der Waals surface area contributed by atoms with Crippen LogP contribution in [0.2, 0.25) is 5.02 Å². The number of carbonyl (C=O) groups excluding carboxylic acids is 3. The van der Waals surface area contributed by atoms with Gasteiger partial charge in [0, 0.05) is 10.7 Å². The van der Waals surface area contributed by atoms with Crippen LogP contribution in [0.25, 0.3) is 0 Å². The van der Waals surface area contributed by atoms with Gasteiger partial charge < -0.3 is 14.8 Å². The normalized spacial score (nSPS) is 9.92. The zero-order chi connectivity index (χ0) is 17.5. The van der Waals surface area contributed by atoms with Crippen LogP contribution >= 0.6 is 11.6 Å². The van der Waals surface area contributed by atoms with Gasteiger partial charge in [0.2, 0.25) is 0 Å². The molecule has 0 fully saturated rings. The molecule has 24 heavy (non-hydrogen) atoms. The maximum absolute atomic E-state index is 11.8. The molecule has 0 bridgehead atoms. The quantitative estimate of drug-likeness (QED) is 0.841. The van der Waals surface area contributed by atoms with Crippen molar-refractivity contribution in [3.05, 3.63) is 64.7 Å². The summed E-state index contributed by atoms with van der Waals surface area (Å²) >= 11 is 5.73. The van der Waals surface area contributed by atoms with Crippen LogP contribution in [0.5, 0.6) is 0 Å². The van der Waals surface area contributed by atoms with Gasteiger partial charge in [-0.25, -0.2) is 9.59 Å². The van der Waals surface area contributed by atoms with Gasteiger partial charge in [0.25, 0.3) is 5.91 Å². The summed E-state index contributed by atoms with van der Waals surface area (Å²) in [5.41, 5.74) is 1.13. The Labute approximate surface area is 143 Å². The summed E-state index contributed by atoms with van der Waals surface area (Å²) in [5, 5.41) is 3.05. The number of esters is 2. The molecule has 0 saturated heterocycles. The van der Waals surface area contributed by atoms with E-state index in [1.807, 2.05) is 0 Å². The first-order chi connectivity index (χ1) is 11.5. The lowest BCUT2D eigenvalue weighted by molar-refractivity contribution is -0.119. The smallest absolute Gasteiger partial charge is 0.338 e. The van der Waals surface area contributed by atoms with Crippen molar-refractivity contribution in [1.82, 2.24) is 0 Å². The van der Waals surface area contributed by atoms with E-state index in [9.17, 15) is 14.4 Å². The first-order valence-electron chi connectivity index (χ1n) is 6.90. The van der Waals surface area contributed by atoms with Crippen molar-refractivity contribution in [2.75, 3.05) is 19.0 Å². The third kappa shape index (κ3) is 4.82. The van der Waals surface area contributed by atoms with Crippen LogP contribution < -0.4 is 5.32 Å². The second-order valence-electron chi connectivity index (χ2n) is 4.70. The number of ether oxygens (including phenoxy) is 2. The number of hydrogen-bond acceptors (Lipinski definition) is 5. The Balaban J connectivity index is 1.85. The highest BCUT2D eigenvalue weighted by molar-refractivity contribution is 6.30. The van der Waals surface area contributed by atoms with Gasteiger partial charge in [0.1, 0.15) is 0 Å². The minimum atomic E-state index is -0.622. The number of carbonyl (C=O) groups is 3. The molecule has 1 N–H and O–H groups in total. The number of amides is 1. The Morgan fingerprint density at radius 3 is 2.04 bits per heavy atom. The molecular weight excluding hydrogens is 334 g/mol. The zero-order valence-corrected chi connectivity index (χ0v) is 13.5. The maximum atomic E-state index is 11.8. The van der Waals surface area contributed by atoms with Gasteiger partial charge in [-0.3, -0.25) is 4.79 Å². The molecule has 0 atom stereocenters. The maximum Gasteiger partial charge on any atom is 0.338 e.